The van der Waals surface area contributed by atoms with Gasteiger partial charge in [0, 0.05) is 18.2 Å². The summed E-state index contributed by atoms with van der Waals surface area (Å²) in [5.41, 5.74) is 5.59. The molecule has 0 fully saturated rings. The molecule has 1 atom stereocenters. The van der Waals surface area contributed by atoms with Crippen molar-refractivity contribution in [3.05, 3.63) is 65.7 Å². The van der Waals surface area contributed by atoms with Gasteiger partial charge in [-0.3, -0.25) is 25.2 Å². The predicted molar refractivity (Wildman–Crippen MR) is 97.7 cm³/mol. The number of hydrogen-bond acceptors (Lipinski definition) is 5. The molecule has 0 bridgehead atoms. The van der Waals surface area contributed by atoms with Crippen molar-refractivity contribution in [2.75, 3.05) is 5.32 Å². The third-order valence-corrected chi connectivity index (χ3v) is 3.43. The number of amides is 3. The van der Waals surface area contributed by atoms with E-state index in [2.05, 4.69) is 16.2 Å². The van der Waals surface area contributed by atoms with E-state index in [1.165, 1.54) is 26.0 Å². The molecule has 0 aliphatic heterocycles. The van der Waals surface area contributed by atoms with Gasteiger partial charge in [0.05, 0.1) is 5.56 Å². The van der Waals surface area contributed by atoms with Crippen LogP contribution >= 0.6 is 0 Å². The number of hydrogen-bond donors (Lipinski definition) is 3. The van der Waals surface area contributed by atoms with Crippen LogP contribution in [0.5, 0.6) is 0 Å². The average Bonchev–Trinajstić information content (AvgIpc) is 2.66. The molecule has 2 rings (SSSR count). The fourth-order valence-corrected chi connectivity index (χ4v) is 2.06. The number of carbonyl (C=O) groups is 4. The Labute approximate surface area is 155 Å². The molecule has 0 aromatic heterocycles. The lowest BCUT2D eigenvalue weighted by Crippen LogP contribution is -2.46. The summed E-state index contributed by atoms with van der Waals surface area (Å²) in [6, 6.07) is 14.4. The van der Waals surface area contributed by atoms with Crippen molar-refractivity contribution in [1.82, 2.24) is 10.9 Å². The molecule has 2 aromatic carbocycles. The van der Waals surface area contributed by atoms with E-state index in [9.17, 15) is 19.2 Å². The lowest BCUT2D eigenvalue weighted by atomic mass is 10.2. The van der Waals surface area contributed by atoms with Crippen LogP contribution in [0.1, 0.15) is 34.6 Å². The Kier molecular flexibility index (Phi) is 6.65. The molecule has 2 aromatic rings. The largest absolute Gasteiger partial charge is 0.449 e. The monoisotopic (exact) mass is 369 g/mol. The van der Waals surface area contributed by atoms with Crippen LogP contribution in [0, 0.1) is 0 Å². The molecule has 0 unspecified atom stereocenters. The molecule has 8 heteroatoms. The molecule has 0 saturated carbocycles. The predicted octanol–water partition coefficient (Wildman–Crippen LogP) is 1.65. The van der Waals surface area contributed by atoms with Crippen molar-refractivity contribution in [3.63, 3.8) is 0 Å². The highest BCUT2D eigenvalue weighted by molar-refractivity contribution is 5.96. The van der Waals surface area contributed by atoms with E-state index in [4.69, 9.17) is 4.74 Å². The van der Waals surface area contributed by atoms with Crippen molar-refractivity contribution in [1.29, 1.82) is 0 Å². The molecule has 8 nitrogen and oxygen atoms in total. The van der Waals surface area contributed by atoms with Crippen LogP contribution in [0.3, 0.4) is 0 Å². The molecule has 0 saturated heterocycles. The number of nitrogens with one attached hydrogen (secondary N) is 3. The molecule has 3 N–H and O–H groups in total. The molecule has 0 radical (unpaired) electrons. The molecule has 0 aliphatic carbocycles. The minimum atomic E-state index is -1.12. The van der Waals surface area contributed by atoms with Crippen molar-refractivity contribution in [3.8, 4) is 0 Å². The Morgan fingerprint density at radius 2 is 1.48 bits per heavy atom. The Bertz CT molecular complexity index is 834. The fraction of sp³-hybridized carbons (Fsp3) is 0.158. The minimum absolute atomic E-state index is 0.220. The summed E-state index contributed by atoms with van der Waals surface area (Å²) in [6.07, 6.45) is -1.12. The van der Waals surface area contributed by atoms with E-state index in [1.807, 2.05) is 0 Å². The van der Waals surface area contributed by atoms with Crippen LogP contribution < -0.4 is 16.2 Å². The first kappa shape index (κ1) is 19.6. The molecule has 0 heterocycles. The van der Waals surface area contributed by atoms with Gasteiger partial charge >= 0.3 is 5.97 Å². The SMILES string of the molecule is CC(=O)Nc1ccc(C(=O)O[C@H](C)C(=O)NNC(=O)c2ccccc2)cc1. The molecule has 0 aliphatic rings. The van der Waals surface area contributed by atoms with Crippen molar-refractivity contribution < 1.29 is 23.9 Å². The second-order valence-electron chi connectivity index (χ2n) is 5.62. The van der Waals surface area contributed by atoms with E-state index in [0.717, 1.165) is 0 Å². The lowest BCUT2D eigenvalue weighted by Gasteiger charge is -2.14. The van der Waals surface area contributed by atoms with Crippen LogP contribution in [0.2, 0.25) is 0 Å². The number of anilines is 1. The van der Waals surface area contributed by atoms with Gasteiger partial charge in [0.2, 0.25) is 5.91 Å². The third kappa shape index (κ3) is 5.96. The smallest absolute Gasteiger partial charge is 0.338 e. The number of rotatable bonds is 5. The van der Waals surface area contributed by atoms with Crippen molar-refractivity contribution in [2.24, 2.45) is 0 Å². The summed E-state index contributed by atoms with van der Waals surface area (Å²) < 4.78 is 5.07. The third-order valence-electron chi connectivity index (χ3n) is 3.43. The average molecular weight is 369 g/mol. The van der Waals surface area contributed by atoms with Gasteiger partial charge < -0.3 is 10.1 Å². The number of benzene rings is 2. The van der Waals surface area contributed by atoms with Gasteiger partial charge in [-0.05, 0) is 43.3 Å². The van der Waals surface area contributed by atoms with Gasteiger partial charge in [0.1, 0.15) is 0 Å². The zero-order chi connectivity index (χ0) is 19.8. The number of carbonyl (C=O) groups excluding carboxylic acids is 4. The second-order valence-corrected chi connectivity index (χ2v) is 5.62. The van der Waals surface area contributed by atoms with E-state index in [1.54, 1.807) is 42.5 Å². The first-order valence-electron chi connectivity index (χ1n) is 8.10. The number of hydrazine groups is 1. The van der Waals surface area contributed by atoms with Gasteiger partial charge in [-0.25, -0.2) is 4.79 Å². The highest BCUT2D eigenvalue weighted by atomic mass is 16.5. The van der Waals surface area contributed by atoms with Gasteiger partial charge in [-0.1, -0.05) is 18.2 Å². The van der Waals surface area contributed by atoms with E-state index in [0.29, 0.717) is 11.3 Å². The Balaban J connectivity index is 1.85. The van der Waals surface area contributed by atoms with Crippen LogP contribution in [0.4, 0.5) is 5.69 Å². The molecular formula is C19H19N3O5. The number of ether oxygens (including phenoxy) is 1. The summed E-state index contributed by atoms with van der Waals surface area (Å²) in [6.45, 7) is 2.76. The lowest BCUT2D eigenvalue weighted by molar-refractivity contribution is -0.129. The first-order valence-corrected chi connectivity index (χ1v) is 8.10. The minimum Gasteiger partial charge on any atom is -0.449 e. The Morgan fingerprint density at radius 1 is 0.852 bits per heavy atom. The maximum absolute atomic E-state index is 12.1. The number of esters is 1. The topological polar surface area (TPSA) is 114 Å². The molecule has 0 spiro atoms. The van der Waals surface area contributed by atoms with Crippen LogP contribution in [-0.4, -0.2) is 29.8 Å². The first-order chi connectivity index (χ1) is 12.9. The quantitative estimate of drug-likeness (QED) is 0.548. The van der Waals surface area contributed by atoms with E-state index in [-0.39, 0.29) is 11.5 Å². The normalized spacial score (nSPS) is 11.0. The Morgan fingerprint density at radius 3 is 2.07 bits per heavy atom. The van der Waals surface area contributed by atoms with Gasteiger partial charge in [-0.15, -0.1) is 0 Å². The standard InChI is InChI=1S/C19H19N3O5/c1-12(17(24)21-22-18(25)14-6-4-3-5-7-14)27-19(26)15-8-10-16(11-9-15)20-13(2)23/h3-12H,1-2H3,(H,20,23)(H,21,24)(H,22,25)/t12-/m1/s1. The highest BCUT2D eigenvalue weighted by Crippen LogP contribution is 2.11. The summed E-state index contributed by atoms with van der Waals surface area (Å²) in [5.74, 6) is -2.10. The van der Waals surface area contributed by atoms with Gasteiger partial charge in [-0.2, -0.15) is 0 Å². The maximum Gasteiger partial charge on any atom is 0.338 e. The second kappa shape index (κ2) is 9.14. The van der Waals surface area contributed by atoms with Crippen LogP contribution in [-0.2, 0) is 14.3 Å². The fourth-order valence-electron chi connectivity index (χ4n) is 2.06. The van der Waals surface area contributed by atoms with E-state index < -0.39 is 23.9 Å². The van der Waals surface area contributed by atoms with Crippen LogP contribution in [0.15, 0.2) is 54.6 Å². The summed E-state index contributed by atoms with van der Waals surface area (Å²) >= 11 is 0. The summed E-state index contributed by atoms with van der Waals surface area (Å²) in [7, 11) is 0. The van der Waals surface area contributed by atoms with Crippen molar-refractivity contribution in [2.45, 2.75) is 20.0 Å². The van der Waals surface area contributed by atoms with Crippen LogP contribution in [0.25, 0.3) is 0 Å². The molecular weight excluding hydrogens is 350 g/mol. The summed E-state index contributed by atoms with van der Waals surface area (Å²) in [5, 5.41) is 2.58. The van der Waals surface area contributed by atoms with Crippen molar-refractivity contribution >= 4 is 29.4 Å². The molecule has 140 valence electrons. The van der Waals surface area contributed by atoms with E-state index >= 15 is 0 Å². The zero-order valence-corrected chi connectivity index (χ0v) is 14.8. The highest BCUT2D eigenvalue weighted by Gasteiger charge is 2.19. The van der Waals surface area contributed by atoms with Gasteiger partial charge in [0.25, 0.3) is 11.8 Å². The maximum atomic E-state index is 12.1. The Hall–Kier alpha value is -3.68. The zero-order valence-electron chi connectivity index (χ0n) is 14.8. The molecule has 3 amide bonds. The molecule has 27 heavy (non-hydrogen) atoms. The summed E-state index contributed by atoms with van der Waals surface area (Å²) in [4.78, 5) is 46.9. The van der Waals surface area contributed by atoms with Gasteiger partial charge in [0.15, 0.2) is 6.10 Å².